The lowest BCUT2D eigenvalue weighted by Gasteiger charge is -2.05. The van der Waals surface area contributed by atoms with E-state index in [2.05, 4.69) is 35.0 Å². The molecule has 0 aliphatic carbocycles. The Morgan fingerprint density at radius 1 is 1.33 bits per heavy atom. The molecular formula is C10H9BrClNS2. The second-order valence-electron chi connectivity index (χ2n) is 3.20. The van der Waals surface area contributed by atoms with Gasteiger partial charge in [0.1, 0.15) is 4.34 Å². The maximum Gasteiger partial charge on any atom is 0.107 e. The molecule has 0 aliphatic heterocycles. The Labute approximate surface area is 110 Å². The van der Waals surface area contributed by atoms with E-state index in [4.69, 9.17) is 17.3 Å². The summed E-state index contributed by atoms with van der Waals surface area (Å²) >= 11 is 12.6. The largest absolute Gasteiger partial charge is 0.319 e. The Morgan fingerprint density at radius 2 is 2.07 bits per heavy atom. The quantitative estimate of drug-likeness (QED) is 0.860. The van der Waals surface area contributed by atoms with Crippen LogP contribution < -0.4 is 5.73 Å². The molecule has 2 heterocycles. The van der Waals surface area contributed by atoms with Crippen molar-refractivity contribution in [3.8, 4) is 0 Å². The molecule has 0 spiro atoms. The maximum absolute atomic E-state index is 6.15. The Kier molecular flexibility index (Phi) is 3.52. The fourth-order valence-corrected chi connectivity index (χ4v) is 4.01. The van der Waals surface area contributed by atoms with Gasteiger partial charge in [-0.05, 0) is 41.1 Å². The van der Waals surface area contributed by atoms with Gasteiger partial charge in [-0.15, -0.1) is 22.7 Å². The molecule has 0 aliphatic rings. The number of hydrogen-bond donors (Lipinski definition) is 1. The molecule has 80 valence electrons. The summed E-state index contributed by atoms with van der Waals surface area (Å²) in [7, 11) is 0. The molecule has 2 aromatic rings. The molecule has 15 heavy (non-hydrogen) atoms. The normalized spacial score (nSPS) is 13.1. The summed E-state index contributed by atoms with van der Waals surface area (Å²) in [5, 5.41) is 0. The SMILES string of the molecule is Cc1ccc(C(N)c2cc(Br)c(Cl)s2)s1. The van der Waals surface area contributed by atoms with Gasteiger partial charge in [-0.2, -0.15) is 0 Å². The van der Waals surface area contributed by atoms with E-state index in [0.717, 1.165) is 13.7 Å². The fraction of sp³-hybridized carbons (Fsp3) is 0.200. The monoisotopic (exact) mass is 321 g/mol. The van der Waals surface area contributed by atoms with Crippen molar-refractivity contribution in [1.82, 2.24) is 0 Å². The molecule has 1 atom stereocenters. The highest BCUT2D eigenvalue weighted by atomic mass is 79.9. The van der Waals surface area contributed by atoms with Crippen molar-refractivity contribution in [2.75, 3.05) is 0 Å². The summed E-state index contributed by atoms with van der Waals surface area (Å²) in [5.41, 5.74) is 6.15. The zero-order chi connectivity index (χ0) is 11.0. The van der Waals surface area contributed by atoms with Crippen LogP contribution in [0, 0.1) is 6.92 Å². The summed E-state index contributed by atoms with van der Waals surface area (Å²) in [6, 6.07) is 6.10. The van der Waals surface area contributed by atoms with Crippen LogP contribution in [0.1, 0.15) is 20.7 Å². The highest BCUT2D eigenvalue weighted by molar-refractivity contribution is 9.10. The lowest BCUT2D eigenvalue weighted by atomic mass is 10.2. The minimum Gasteiger partial charge on any atom is -0.319 e. The highest BCUT2D eigenvalue weighted by Gasteiger charge is 2.15. The van der Waals surface area contributed by atoms with Gasteiger partial charge in [0.2, 0.25) is 0 Å². The van der Waals surface area contributed by atoms with Crippen LogP contribution >= 0.6 is 50.2 Å². The minimum atomic E-state index is -0.0579. The molecule has 1 unspecified atom stereocenters. The summed E-state index contributed by atoms with van der Waals surface area (Å²) in [5.74, 6) is 0. The van der Waals surface area contributed by atoms with Crippen molar-refractivity contribution in [3.05, 3.63) is 41.6 Å². The number of thiophene rings is 2. The molecule has 0 saturated heterocycles. The smallest absolute Gasteiger partial charge is 0.107 e. The molecule has 2 aromatic heterocycles. The van der Waals surface area contributed by atoms with Crippen LogP contribution in [0.15, 0.2) is 22.7 Å². The molecule has 2 rings (SSSR count). The second-order valence-corrected chi connectivity index (χ2v) is 7.06. The van der Waals surface area contributed by atoms with Crippen LogP contribution in [0.25, 0.3) is 0 Å². The van der Waals surface area contributed by atoms with Gasteiger partial charge < -0.3 is 5.73 Å². The van der Waals surface area contributed by atoms with Crippen LogP contribution in [0.2, 0.25) is 4.34 Å². The first-order valence-corrected chi connectivity index (χ1v) is 7.15. The Bertz CT molecular complexity index is 458. The van der Waals surface area contributed by atoms with E-state index in [-0.39, 0.29) is 6.04 Å². The van der Waals surface area contributed by atoms with Gasteiger partial charge in [0.25, 0.3) is 0 Å². The van der Waals surface area contributed by atoms with E-state index in [1.165, 1.54) is 21.1 Å². The molecule has 5 heteroatoms. The number of hydrogen-bond acceptors (Lipinski definition) is 3. The predicted molar refractivity (Wildman–Crippen MR) is 72.1 cm³/mol. The van der Waals surface area contributed by atoms with Gasteiger partial charge in [0, 0.05) is 19.1 Å². The zero-order valence-electron chi connectivity index (χ0n) is 7.96. The number of aryl methyl sites for hydroxylation is 1. The first kappa shape index (κ1) is 11.6. The number of rotatable bonds is 2. The van der Waals surface area contributed by atoms with Crippen molar-refractivity contribution in [2.24, 2.45) is 5.73 Å². The Balaban J connectivity index is 2.31. The second kappa shape index (κ2) is 4.55. The van der Waals surface area contributed by atoms with Crippen molar-refractivity contribution in [2.45, 2.75) is 13.0 Å². The maximum atomic E-state index is 6.15. The van der Waals surface area contributed by atoms with E-state index in [1.54, 1.807) is 11.3 Å². The molecule has 0 fully saturated rings. The predicted octanol–water partition coefficient (Wildman–Crippen LogP) is 4.58. The third kappa shape index (κ3) is 2.45. The standard InChI is InChI=1S/C10H9BrClNS2/c1-5-2-3-7(14-5)9(13)8-4-6(11)10(12)15-8/h2-4,9H,13H2,1H3. The average Bonchev–Trinajstić information content (AvgIpc) is 2.74. The number of halogens is 2. The van der Waals surface area contributed by atoms with Gasteiger partial charge >= 0.3 is 0 Å². The van der Waals surface area contributed by atoms with Crippen molar-refractivity contribution < 1.29 is 0 Å². The zero-order valence-corrected chi connectivity index (χ0v) is 11.9. The summed E-state index contributed by atoms with van der Waals surface area (Å²) in [6.45, 7) is 2.08. The van der Waals surface area contributed by atoms with Gasteiger partial charge in [0.15, 0.2) is 0 Å². The Morgan fingerprint density at radius 3 is 2.53 bits per heavy atom. The van der Waals surface area contributed by atoms with E-state index < -0.39 is 0 Å². The summed E-state index contributed by atoms with van der Waals surface area (Å²) < 4.78 is 1.68. The molecule has 0 saturated carbocycles. The van der Waals surface area contributed by atoms with Gasteiger partial charge in [0.05, 0.1) is 6.04 Å². The van der Waals surface area contributed by atoms with Gasteiger partial charge in [-0.3, -0.25) is 0 Å². The van der Waals surface area contributed by atoms with E-state index in [9.17, 15) is 0 Å². The van der Waals surface area contributed by atoms with Crippen molar-refractivity contribution >= 4 is 50.2 Å². The molecule has 1 nitrogen and oxygen atoms in total. The van der Waals surface area contributed by atoms with E-state index >= 15 is 0 Å². The molecular weight excluding hydrogens is 314 g/mol. The number of nitrogens with two attached hydrogens (primary N) is 1. The van der Waals surface area contributed by atoms with Crippen LogP contribution in [-0.4, -0.2) is 0 Å². The first-order chi connectivity index (χ1) is 7.08. The van der Waals surface area contributed by atoms with E-state index in [0.29, 0.717) is 0 Å². The van der Waals surface area contributed by atoms with Crippen molar-refractivity contribution in [3.63, 3.8) is 0 Å². The van der Waals surface area contributed by atoms with Gasteiger partial charge in [-0.25, -0.2) is 0 Å². The van der Waals surface area contributed by atoms with Crippen LogP contribution in [-0.2, 0) is 0 Å². The third-order valence-corrected chi connectivity index (χ3v) is 5.68. The highest BCUT2D eigenvalue weighted by Crippen LogP contribution is 2.37. The van der Waals surface area contributed by atoms with Crippen LogP contribution in [0.4, 0.5) is 0 Å². The topological polar surface area (TPSA) is 26.0 Å². The Hall–Kier alpha value is 0.130. The third-order valence-electron chi connectivity index (χ3n) is 2.04. The average molecular weight is 323 g/mol. The molecule has 0 bridgehead atoms. The molecule has 0 aromatic carbocycles. The lowest BCUT2D eigenvalue weighted by molar-refractivity contribution is 0.917. The lowest BCUT2D eigenvalue weighted by Crippen LogP contribution is -2.07. The van der Waals surface area contributed by atoms with Crippen LogP contribution in [0.5, 0.6) is 0 Å². The van der Waals surface area contributed by atoms with Crippen LogP contribution in [0.3, 0.4) is 0 Å². The minimum absolute atomic E-state index is 0.0579. The van der Waals surface area contributed by atoms with Crippen molar-refractivity contribution in [1.29, 1.82) is 0 Å². The molecule has 0 amide bonds. The summed E-state index contributed by atoms with van der Waals surface area (Å²) in [6.07, 6.45) is 0. The fourth-order valence-electron chi connectivity index (χ4n) is 1.28. The van der Waals surface area contributed by atoms with E-state index in [1.807, 2.05) is 6.07 Å². The summed E-state index contributed by atoms with van der Waals surface area (Å²) in [4.78, 5) is 3.55. The first-order valence-electron chi connectivity index (χ1n) is 4.34. The molecule has 0 radical (unpaired) electrons. The van der Waals surface area contributed by atoms with Gasteiger partial charge in [-0.1, -0.05) is 11.6 Å². The molecule has 2 N–H and O–H groups in total.